The Balaban J connectivity index is 2.26. The number of rotatable bonds is 3. The second-order valence-electron chi connectivity index (χ2n) is 4.18. The Morgan fingerprint density at radius 2 is 2.00 bits per heavy atom. The van der Waals surface area contributed by atoms with Crippen LogP contribution >= 0.6 is 15.9 Å². The highest BCUT2D eigenvalue weighted by atomic mass is 79.9. The molecule has 0 spiro atoms. The molecule has 0 atom stereocenters. The van der Waals surface area contributed by atoms with E-state index in [0.29, 0.717) is 11.4 Å². The number of nitrogen functional groups attached to an aromatic ring is 1. The molecule has 2 nitrogen and oxygen atoms in total. The van der Waals surface area contributed by atoms with Gasteiger partial charge in [0.2, 0.25) is 0 Å². The van der Waals surface area contributed by atoms with Crippen molar-refractivity contribution in [1.82, 2.24) is 0 Å². The average Bonchev–Trinajstić information content (AvgIpc) is 2.96. The number of nitrogens with zero attached hydrogens (tertiary/aromatic N) is 1. The van der Waals surface area contributed by atoms with Gasteiger partial charge in [-0.1, -0.05) is 15.9 Å². The Hall–Kier alpha value is -0.910. The van der Waals surface area contributed by atoms with Gasteiger partial charge < -0.3 is 10.6 Å². The molecule has 1 fully saturated rings. The quantitative estimate of drug-likeness (QED) is 0.865. The molecule has 94 valence electrons. The lowest BCUT2D eigenvalue weighted by Crippen LogP contribution is -2.36. The minimum Gasteiger partial charge on any atom is -0.397 e. The summed E-state index contributed by atoms with van der Waals surface area (Å²) in [5.74, 6) is 0. The summed E-state index contributed by atoms with van der Waals surface area (Å²) in [4.78, 5) is 1.35. The van der Waals surface area contributed by atoms with Crippen molar-refractivity contribution >= 4 is 27.3 Å². The predicted octanol–water partition coefficient (Wildman–Crippen LogP) is 3.56. The smallest absolute Gasteiger partial charge is 0.397 e. The topological polar surface area (TPSA) is 29.3 Å². The van der Waals surface area contributed by atoms with Crippen LogP contribution in [0.15, 0.2) is 22.7 Å². The third-order valence-corrected chi connectivity index (χ3v) is 3.13. The molecule has 2 rings (SSSR count). The van der Waals surface area contributed by atoms with Gasteiger partial charge in [-0.05, 0) is 31.0 Å². The molecule has 1 aromatic rings. The van der Waals surface area contributed by atoms with E-state index in [0.717, 1.165) is 17.3 Å². The fraction of sp³-hybridized carbons (Fsp3) is 0.455. The SMILES string of the molecule is Nc1cc(Br)ccc1N(CC(F)(F)F)C1CC1. The number of nitrogens with two attached hydrogens (primary N) is 1. The Kier molecular flexibility index (Phi) is 3.25. The summed E-state index contributed by atoms with van der Waals surface area (Å²) in [7, 11) is 0. The monoisotopic (exact) mass is 308 g/mol. The van der Waals surface area contributed by atoms with Crippen LogP contribution in [-0.2, 0) is 0 Å². The predicted molar refractivity (Wildman–Crippen MR) is 65.0 cm³/mol. The maximum atomic E-state index is 12.5. The summed E-state index contributed by atoms with van der Waals surface area (Å²) in [6.45, 7) is -0.941. The Morgan fingerprint density at radius 3 is 2.47 bits per heavy atom. The molecule has 0 radical (unpaired) electrons. The summed E-state index contributed by atoms with van der Waals surface area (Å²) < 4.78 is 38.3. The molecular formula is C11H12BrF3N2. The van der Waals surface area contributed by atoms with Crippen LogP contribution in [0.1, 0.15) is 12.8 Å². The van der Waals surface area contributed by atoms with E-state index in [9.17, 15) is 13.2 Å². The zero-order valence-electron chi connectivity index (χ0n) is 8.97. The van der Waals surface area contributed by atoms with Crippen LogP contribution in [0, 0.1) is 0 Å². The van der Waals surface area contributed by atoms with Crippen molar-refractivity contribution in [3.63, 3.8) is 0 Å². The van der Waals surface area contributed by atoms with E-state index < -0.39 is 12.7 Å². The fourth-order valence-electron chi connectivity index (χ4n) is 1.78. The Morgan fingerprint density at radius 1 is 1.35 bits per heavy atom. The van der Waals surface area contributed by atoms with Gasteiger partial charge in [-0.25, -0.2) is 0 Å². The Bertz CT molecular complexity index is 416. The summed E-state index contributed by atoms with van der Waals surface area (Å²) >= 11 is 3.24. The molecule has 0 aromatic heterocycles. The van der Waals surface area contributed by atoms with E-state index >= 15 is 0 Å². The van der Waals surface area contributed by atoms with Crippen LogP contribution in [0.2, 0.25) is 0 Å². The van der Waals surface area contributed by atoms with Crippen molar-refractivity contribution in [3.05, 3.63) is 22.7 Å². The molecular weight excluding hydrogens is 297 g/mol. The standard InChI is InChI=1S/C11H12BrF3N2/c12-7-1-4-10(9(16)5-7)17(8-2-3-8)6-11(13,14)15/h1,4-5,8H,2-3,6,16H2. The van der Waals surface area contributed by atoms with E-state index in [1.165, 1.54) is 4.90 Å². The van der Waals surface area contributed by atoms with Gasteiger partial charge in [0.1, 0.15) is 6.54 Å². The summed E-state index contributed by atoms with van der Waals surface area (Å²) in [5.41, 5.74) is 6.60. The van der Waals surface area contributed by atoms with Crippen LogP contribution in [0.4, 0.5) is 24.5 Å². The molecule has 1 aliphatic carbocycles. The first-order valence-electron chi connectivity index (χ1n) is 5.25. The number of alkyl halides is 3. The van der Waals surface area contributed by atoms with Crippen LogP contribution in [-0.4, -0.2) is 18.8 Å². The van der Waals surface area contributed by atoms with E-state index in [2.05, 4.69) is 15.9 Å². The molecule has 17 heavy (non-hydrogen) atoms. The fourth-order valence-corrected chi connectivity index (χ4v) is 2.16. The lowest BCUT2D eigenvalue weighted by molar-refractivity contribution is -0.119. The highest BCUT2D eigenvalue weighted by Crippen LogP contribution is 2.37. The Labute approximate surface area is 106 Å². The van der Waals surface area contributed by atoms with Crippen LogP contribution in [0.5, 0.6) is 0 Å². The van der Waals surface area contributed by atoms with Crippen molar-refractivity contribution in [2.24, 2.45) is 0 Å². The average molecular weight is 309 g/mol. The van der Waals surface area contributed by atoms with Crippen molar-refractivity contribution in [2.45, 2.75) is 25.1 Å². The van der Waals surface area contributed by atoms with Crippen molar-refractivity contribution in [1.29, 1.82) is 0 Å². The van der Waals surface area contributed by atoms with E-state index in [1.54, 1.807) is 18.2 Å². The molecule has 1 aromatic carbocycles. The maximum Gasteiger partial charge on any atom is 0.405 e. The zero-order valence-corrected chi connectivity index (χ0v) is 10.6. The van der Waals surface area contributed by atoms with Gasteiger partial charge in [0.25, 0.3) is 0 Å². The van der Waals surface area contributed by atoms with Gasteiger partial charge in [-0.15, -0.1) is 0 Å². The minimum absolute atomic E-state index is 0.0277. The molecule has 0 saturated heterocycles. The largest absolute Gasteiger partial charge is 0.405 e. The lowest BCUT2D eigenvalue weighted by Gasteiger charge is -2.27. The first-order chi connectivity index (χ1) is 7.87. The van der Waals surface area contributed by atoms with Gasteiger partial charge in [-0.2, -0.15) is 13.2 Å². The number of halogens is 4. The van der Waals surface area contributed by atoms with Crippen molar-refractivity contribution in [3.8, 4) is 0 Å². The molecule has 6 heteroatoms. The molecule has 0 amide bonds. The normalized spacial score (nSPS) is 16.0. The summed E-state index contributed by atoms with van der Waals surface area (Å²) in [6.07, 6.45) is -2.61. The second kappa shape index (κ2) is 4.40. The van der Waals surface area contributed by atoms with Gasteiger partial charge in [0.15, 0.2) is 0 Å². The van der Waals surface area contributed by atoms with E-state index in [1.807, 2.05) is 0 Å². The van der Waals surface area contributed by atoms with E-state index in [4.69, 9.17) is 5.73 Å². The number of benzene rings is 1. The molecule has 0 bridgehead atoms. The van der Waals surface area contributed by atoms with Gasteiger partial charge in [-0.3, -0.25) is 0 Å². The molecule has 0 heterocycles. The number of hydrogen-bond acceptors (Lipinski definition) is 2. The first-order valence-corrected chi connectivity index (χ1v) is 6.04. The summed E-state index contributed by atoms with van der Waals surface area (Å²) in [5, 5.41) is 0. The van der Waals surface area contributed by atoms with Crippen LogP contribution in [0.25, 0.3) is 0 Å². The molecule has 2 N–H and O–H groups in total. The lowest BCUT2D eigenvalue weighted by atomic mass is 10.2. The molecule has 1 saturated carbocycles. The first kappa shape index (κ1) is 12.5. The van der Waals surface area contributed by atoms with Crippen LogP contribution in [0.3, 0.4) is 0 Å². The van der Waals surface area contributed by atoms with Crippen molar-refractivity contribution in [2.75, 3.05) is 17.2 Å². The summed E-state index contributed by atoms with van der Waals surface area (Å²) in [6, 6.07) is 4.93. The van der Waals surface area contributed by atoms with E-state index in [-0.39, 0.29) is 6.04 Å². The van der Waals surface area contributed by atoms with Gasteiger partial charge >= 0.3 is 6.18 Å². The third-order valence-electron chi connectivity index (χ3n) is 2.64. The van der Waals surface area contributed by atoms with Crippen LogP contribution < -0.4 is 10.6 Å². The zero-order chi connectivity index (χ0) is 12.6. The molecule has 1 aliphatic rings. The molecule has 0 aliphatic heterocycles. The van der Waals surface area contributed by atoms with Gasteiger partial charge in [0, 0.05) is 10.5 Å². The molecule has 0 unspecified atom stereocenters. The second-order valence-corrected chi connectivity index (χ2v) is 5.09. The van der Waals surface area contributed by atoms with Crippen molar-refractivity contribution < 1.29 is 13.2 Å². The maximum absolute atomic E-state index is 12.5. The minimum atomic E-state index is -4.21. The number of hydrogen-bond donors (Lipinski definition) is 1. The highest BCUT2D eigenvalue weighted by Gasteiger charge is 2.38. The third kappa shape index (κ3) is 3.28. The highest BCUT2D eigenvalue weighted by molar-refractivity contribution is 9.10. The van der Waals surface area contributed by atoms with Gasteiger partial charge in [0.05, 0.1) is 11.4 Å². The number of anilines is 2.